The normalized spacial score (nSPS) is 17.7. The van der Waals surface area contributed by atoms with Gasteiger partial charge in [-0.1, -0.05) is 18.2 Å². The van der Waals surface area contributed by atoms with Crippen molar-refractivity contribution in [3.05, 3.63) is 76.1 Å². The summed E-state index contributed by atoms with van der Waals surface area (Å²) in [4.78, 5) is 41.5. The number of hydrogen-bond acceptors (Lipinski definition) is 6. The molecule has 1 aliphatic heterocycles. The summed E-state index contributed by atoms with van der Waals surface area (Å²) in [5.74, 6) is 0.499. The predicted molar refractivity (Wildman–Crippen MR) is 150 cm³/mol. The van der Waals surface area contributed by atoms with Crippen LogP contribution in [0.5, 0.6) is 11.5 Å². The molecule has 0 aromatic heterocycles. The lowest BCUT2D eigenvalue weighted by Gasteiger charge is -2.43. The van der Waals surface area contributed by atoms with Crippen LogP contribution in [0.2, 0.25) is 0 Å². The number of rotatable bonds is 8. The summed E-state index contributed by atoms with van der Waals surface area (Å²) in [6.07, 6.45) is 4.34. The van der Waals surface area contributed by atoms with Crippen LogP contribution in [0.3, 0.4) is 0 Å². The number of anilines is 1. The summed E-state index contributed by atoms with van der Waals surface area (Å²) in [6, 6.07) is 13.2. The number of Topliss-reactive ketones (excluding diaryl/α,β-unsaturated/α-hetero) is 2. The molecule has 0 saturated carbocycles. The number of carbonyl (C=O) groups is 3. The van der Waals surface area contributed by atoms with Crippen LogP contribution >= 0.6 is 0 Å². The van der Waals surface area contributed by atoms with Gasteiger partial charge < -0.3 is 19.7 Å². The third-order valence-electron chi connectivity index (χ3n) is 7.66. The van der Waals surface area contributed by atoms with Gasteiger partial charge in [0.2, 0.25) is 0 Å². The third-order valence-corrected chi connectivity index (χ3v) is 7.66. The van der Waals surface area contributed by atoms with Crippen molar-refractivity contribution in [3.8, 4) is 11.5 Å². The largest absolute Gasteiger partial charge is 0.490 e. The van der Waals surface area contributed by atoms with Crippen LogP contribution in [0.1, 0.15) is 69.4 Å². The lowest BCUT2D eigenvalue weighted by Crippen LogP contribution is -2.39. The number of benzene rings is 2. The molecule has 0 unspecified atom stereocenters. The summed E-state index contributed by atoms with van der Waals surface area (Å²) in [5, 5.41) is 2.85. The number of ketones is 2. The van der Waals surface area contributed by atoms with E-state index in [1.165, 1.54) is 0 Å². The van der Waals surface area contributed by atoms with Crippen LogP contribution in [0.4, 0.5) is 5.69 Å². The summed E-state index contributed by atoms with van der Waals surface area (Å²) in [6.45, 7) is 6.91. The summed E-state index contributed by atoms with van der Waals surface area (Å²) < 4.78 is 11.8. The molecule has 0 spiro atoms. The number of carbonyl (C=O) groups excluding carboxylic acids is 3. The van der Waals surface area contributed by atoms with E-state index in [2.05, 4.69) is 17.1 Å². The average Bonchev–Trinajstić information content (AvgIpc) is 2.92. The molecule has 0 bridgehead atoms. The first-order chi connectivity index (χ1) is 18.9. The van der Waals surface area contributed by atoms with Gasteiger partial charge in [0.15, 0.2) is 29.7 Å². The lowest BCUT2D eigenvalue weighted by atomic mass is 9.71. The molecule has 7 nitrogen and oxygen atoms in total. The fourth-order valence-corrected chi connectivity index (χ4v) is 6.09. The maximum atomic E-state index is 13.4. The van der Waals surface area contributed by atoms with Gasteiger partial charge in [-0.25, -0.2) is 0 Å². The molecule has 1 amide bonds. The SMILES string of the molecule is CCOc1cc(C2C3=C(CCCC3=O)N(CC)C3=C2C(=O)CCC3)ccc1OCC(=O)Nc1cccc(C)c1. The van der Waals surface area contributed by atoms with Crippen molar-refractivity contribution in [1.82, 2.24) is 4.90 Å². The van der Waals surface area contributed by atoms with E-state index in [0.29, 0.717) is 36.6 Å². The number of allylic oxidation sites excluding steroid dienone is 4. The first kappa shape index (κ1) is 26.7. The minimum Gasteiger partial charge on any atom is -0.490 e. The molecule has 204 valence electrons. The number of aryl methyl sites for hydroxylation is 1. The van der Waals surface area contributed by atoms with E-state index >= 15 is 0 Å². The van der Waals surface area contributed by atoms with E-state index in [0.717, 1.165) is 65.9 Å². The smallest absolute Gasteiger partial charge is 0.262 e. The van der Waals surface area contributed by atoms with E-state index in [4.69, 9.17) is 9.47 Å². The Hall–Kier alpha value is -3.87. The van der Waals surface area contributed by atoms with Crippen molar-refractivity contribution >= 4 is 23.2 Å². The minimum atomic E-state index is -0.406. The van der Waals surface area contributed by atoms with Crippen molar-refractivity contribution in [3.63, 3.8) is 0 Å². The fourth-order valence-electron chi connectivity index (χ4n) is 6.09. The Bertz CT molecular complexity index is 1330. The van der Waals surface area contributed by atoms with Gasteiger partial charge in [0.05, 0.1) is 6.61 Å². The van der Waals surface area contributed by atoms with Gasteiger partial charge in [0.25, 0.3) is 5.91 Å². The molecule has 0 saturated heterocycles. The Kier molecular flexibility index (Phi) is 7.87. The molecule has 7 heteroatoms. The van der Waals surface area contributed by atoms with Crippen molar-refractivity contribution in [2.75, 3.05) is 25.1 Å². The lowest BCUT2D eigenvalue weighted by molar-refractivity contribution is -0.118. The highest BCUT2D eigenvalue weighted by molar-refractivity contribution is 6.06. The topological polar surface area (TPSA) is 84.9 Å². The van der Waals surface area contributed by atoms with Crippen LogP contribution in [0, 0.1) is 6.92 Å². The molecule has 0 atom stereocenters. The molecular weight excluding hydrogens is 492 g/mol. The molecule has 3 aliphatic rings. The zero-order valence-corrected chi connectivity index (χ0v) is 23.0. The van der Waals surface area contributed by atoms with Crippen molar-refractivity contribution in [1.29, 1.82) is 0 Å². The first-order valence-corrected chi connectivity index (χ1v) is 14.0. The second-order valence-electron chi connectivity index (χ2n) is 10.3. The average molecular weight is 529 g/mol. The van der Waals surface area contributed by atoms with Crippen molar-refractivity contribution in [2.45, 2.75) is 65.2 Å². The van der Waals surface area contributed by atoms with E-state index in [9.17, 15) is 14.4 Å². The van der Waals surface area contributed by atoms with Crippen molar-refractivity contribution < 1.29 is 23.9 Å². The highest BCUT2D eigenvalue weighted by Gasteiger charge is 2.43. The number of hydrogen-bond donors (Lipinski definition) is 1. The highest BCUT2D eigenvalue weighted by atomic mass is 16.5. The van der Waals surface area contributed by atoms with E-state index in [1.54, 1.807) is 6.07 Å². The van der Waals surface area contributed by atoms with E-state index < -0.39 is 5.92 Å². The quantitative estimate of drug-likeness (QED) is 0.463. The van der Waals surface area contributed by atoms with Gasteiger partial charge in [-0.2, -0.15) is 0 Å². The van der Waals surface area contributed by atoms with Crippen LogP contribution in [-0.2, 0) is 14.4 Å². The molecule has 0 fully saturated rings. The Morgan fingerprint density at radius 1 is 0.897 bits per heavy atom. The van der Waals surface area contributed by atoms with Gasteiger partial charge in [-0.05, 0) is 81.8 Å². The second kappa shape index (κ2) is 11.5. The molecule has 1 heterocycles. The Labute approximate surface area is 229 Å². The van der Waals surface area contributed by atoms with E-state index in [-0.39, 0.29) is 24.1 Å². The molecule has 2 aliphatic carbocycles. The maximum absolute atomic E-state index is 13.4. The molecule has 1 N–H and O–H groups in total. The number of amides is 1. The Balaban J connectivity index is 1.47. The molecule has 5 rings (SSSR count). The molecule has 2 aromatic carbocycles. The first-order valence-electron chi connectivity index (χ1n) is 14.0. The number of ether oxygens (including phenoxy) is 2. The zero-order valence-electron chi connectivity index (χ0n) is 23.0. The Morgan fingerprint density at radius 2 is 1.59 bits per heavy atom. The van der Waals surface area contributed by atoms with Gasteiger partial charge in [0.1, 0.15) is 0 Å². The standard InChI is InChI=1S/C32H36N2O5/c1-4-34-23-11-7-13-25(35)31(23)30(32-24(34)12-8-14-26(32)36)21-15-16-27(28(18-21)38-5-2)39-19-29(37)33-22-10-6-9-20(3)17-22/h6,9-10,15-18,30H,4-5,7-8,11-14,19H2,1-3H3,(H,33,37). The van der Waals surface area contributed by atoms with Gasteiger partial charge in [-0.15, -0.1) is 0 Å². The summed E-state index contributed by atoms with van der Waals surface area (Å²) >= 11 is 0. The number of nitrogens with zero attached hydrogens (tertiary/aromatic N) is 1. The predicted octanol–water partition coefficient (Wildman–Crippen LogP) is 5.84. The maximum Gasteiger partial charge on any atom is 0.262 e. The summed E-state index contributed by atoms with van der Waals surface area (Å²) in [7, 11) is 0. The van der Waals surface area contributed by atoms with Crippen LogP contribution in [0.15, 0.2) is 65.0 Å². The van der Waals surface area contributed by atoms with Crippen LogP contribution < -0.4 is 14.8 Å². The van der Waals surface area contributed by atoms with E-state index in [1.807, 2.05) is 50.2 Å². The molecule has 2 aromatic rings. The minimum absolute atomic E-state index is 0.121. The number of nitrogens with one attached hydrogen (secondary N) is 1. The van der Waals surface area contributed by atoms with Gasteiger partial charge in [-0.3, -0.25) is 14.4 Å². The monoisotopic (exact) mass is 528 g/mol. The second-order valence-corrected chi connectivity index (χ2v) is 10.3. The van der Waals surface area contributed by atoms with Crippen molar-refractivity contribution in [2.24, 2.45) is 0 Å². The molecular formula is C32H36N2O5. The highest BCUT2D eigenvalue weighted by Crippen LogP contribution is 2.50. The van der Waals surface area contributed by atoms with Gasteiger partial charge >= 0.3 is 0 Å². The van der Waals surface area contributed by atoms with Gasteiger partial charge in [0, 0.05) is 53.5 Å². The third kappa shape index (κ3) is 5.35. The van der Waals surface area contributed by atoms with Crippen LogP contribution in [0.25, 0.3) is 0 Å². The molecule has 39 heavy (non-hydrogen) atoms. The van der Waals surface area contributed by atoms with Crippen LogP contribution in [-0.4, -0.2) is 42.1 Å². The zero-order chi connectivity index (χ0) is 27.5. The molecule has 0 radical (unpaired) electrons. The summed E-state index contributed by atoms with van der Waals surface area (Å²) in [5.41, 5.74) is 6.26. The fraction of sp³-hybridized carbons (Fsp3) is 0.406. The Morgan fingerprint density at radius 3 is 2.21 bits per heavy atom.